The van der Waals surface area contributed by atoms with Gasteiger partial charge < -0.3 is 9.64 Å². The number of aromatic nitrogens is 3. The number of carbonyl (C=O) groups excluding carboxylic acids is 1. The van der Waals surface area contributed by atoms with E-state index in [0.29, 0.717) is 13.0 Å². The third-order valence-electron chi connectivity index (χ3n) is 3.59. The van der Waals surface area contributed by atoms with Crippen molar-refractivity contribution in [2.75, 3.05) is 13.1 Å². The minimum absolute atomic E-state index is 0.0713. The summed E-state index contributed by atoms with van der Waals surface area (Å²) in [5.41, 5.74) is 0. The Morgan fingerprint density at radius 3 is 2.87 bits per heavy atom. The molecule has 1 aliphatic rings. The second kappa shape index (κ2) is 6.99. The number of aryl methyl sites for hydroxylation is 1. The summed E-state index contributed by atoms with van der Waals surface area (Å²) in [5.74, 6) is -0.431. The van der Waals surface area contributed by atoms with Crippen molar-refractivity contribution in [2.24, 2.45) is 0 Å². The number of amides is 1. The molecule has 1 unspecified atom stereocenters. The monoisotopic (exact) mass is 336 g/mol. The molecule has 0 N–H and O–H groups in total. The molecular weight excluding hydrogens is 319 g/mol. The first-order valence-electron chi connectivity index (χ1n) is 7.43. The van der Waals surface area contributed by atoms with E-state index in [0.717, 1.165) is 41.7 Å². The zero-order valence-corrected chi connectivity index (χ0v) is 13.6. The van der Waals surface area contributed by atoms with Gasteiger partial charge in [-0.3, -0.25) is 4.79 Å². The molecule has 0 saturated carbocycles. The molecule has 1 saturated heterocycles. The van der Waals surface area contributed by atoms with E-state index in [-0.39, 0.29) is 18.0 Å². The Labute approximate surface area is 137 Å². The number of rotatable bonds is 4. The lowest BCUT2D eigenvalue weighted by Gasteiger charge is -2.32. The summed E-state index contributed by atoms with van der Waals surface area (Å²) in [6, 6.07) is 0.142. The first-order chi connectivity index (χ1) is 11.1. The van der Waals surface area contributed by atoms with Crippen molar-refractivity contribution < 1.29 is 13.9 Å². The van der Waals surface area contributed by atoms with Crippen LogP contribution >= 0.6 is 11.3 Å². The molecule has 1 fully saturated rings. The average Bonchev–Trinajstić information content (AvgIpc) is 2.95. The van der Waals surface area contributed by atoms with E-state index in [9.17, 15) is 9.18 Å². The van der Waals surface area contributed by atoms with Crippen LogP contribution < -0.4 is 4.74 Å². The van der Waals surface area contributed by atoms with Crippen molar-refractivity contribution in [1.82, 2.24) is 19.9 Å². The molecule has 0 aromatic carbocycles. The average molecular weight is 336 g/mol. The van der Waals surface area contributed by atoms with E-state index in [1.54, 1.807) is 11.1 Å². The molecule has 122 valence electrons. The van der Waals surface area contributed by atoms with Gasteiger partial charge in [-0.05, 0) is 19.8 Å². The zero-order chi connectivity index (χ0) is 16.2. The smallest absolute Gasteiger partial charge is 0.316 e. The summed E-state index contributed by atoms with van der Waals surface area (Å²) in [4.78, 5) is 26.9. The Kier molecular flexibility index (Phi) is 4.80. The third-order valence-corrected chi connectivity index (χ3v) is 4.51. The van der Waals surface area contributed by atoms with Crippen molar-refractivity contribution in [3.8, 4) is 6.01 Å². The molecule has 0 bridgehead atoms. The van der Waals surface area contributed by atoms with Crippen LogP contribution in [0.1, 0.15) is 22.7 Å². The van der Waals surface area contributed by atoms with E-state index >= 15 is 0 Å². The summed E-state index contributed by atoms with van der Waals surface area (Å²) in [7, 11) is 0. The number of likely N-dealkylation sites (tertiary alicyclic amines) is 1. The van der Waals surface area contributed by atoms with Gasteiger partial charge in [-0.25, -0.2) is 19.3 Å². The SMILES string of the molecule is Cc1ncc(CC(=O)N2CCCC(Oc3ncc(F)cn3)C2)s1. The minimum atomic E-state index is -0.502. The van der Waals surface area contributed by atoms with Crippen LogP contribution in [0, 0.1) is 12.7 Å². The van der Waals surface area contributed by atoms with Crippen molar-refractivity contribution in [3.63, 3.8) is 0 Å². The molecule has 2 aromatic heterocycles. The van der Waals surface area contributed by atoms with E-state index < -0.39 is 5.82 Å². The molecule has 23 heavy (non-hydrogen) atoms. The number of ether oxygens (including phenoxy) is 1. The Bertz CT molecular complexity index is 676. The van der Waals surface area contributed by atoms with Gasteiger partial charge in [0.05, 0.1) is 30.4 Å². The standard InChI is InChI=1S/C15H17FN4O2S/c1-10-17-8-13(23-10)5-14(21)20-4-2-3-12(9-20)22-15-18-6-11(16)7-19-15/h6-8,12H,2-5,9H2,1H3. The third kappa shape index (κ3) is 4.22. The molecule has 1 atom stereocenters. The molecule has 0 spiro atoms. The van der Waals surface area contributed by atoms with Crippen molar-refractivity contribution >= 4 is 17.2 Å². The fraction of sp³-hybridized carbons (Fsp3) is 0.467. The van der Waals surface area contributed by atoms with Crippen LogP contribution in [0.2, 0.25) is 0 Å². The molecule has 3 heterocycles. The highest BCUT2D eigenvalue weighted by Crippen LogP contribution is 2.18. The number of carbonyl (C=O) groups is 1. The number of piperidine rings is 1. The Balaban J connectivity index is 1.57. The van der Waals surface area contributed by atoms with Gasteiger partial charge >= 0.3 is 6.01 Å². The normalized spacial score (nSPS) is 18.0. The van der Waals surface area contributed by atoms with Crippen LogP contribution in [0.15, 0.2) is 18.6 Å². The van der Waals surface area contributed by atoms with Gasteiger partial charge in [0.1, 0.15) is 6.10 Å². The zero-order valence-electron chi connectivity index (χ0n) is 12.7. The van der Waals surface area contributed by atoms with Crippen LogP contribution in [0.4, 0.5) is 4.39 Å². The topological polar surface area (TPSA) is 68.2 Å². The molecule has 0 radical (unpaired) electrons. The summed E-state index contributed by atoms with van der Waals surface area (Å²) in [5, 5.41) is 0.959. The van der Waals surface area contributed by atoms with E-state index in [1.807, 2.05) is 6.92 Å². The number of thiazole rings is 1. The van der Waals surface area contributed by atoms with Gasteiger partial charge in [0.2, 0.25) is 5.91 Å². The summed E-state index contributed by atoms with van der Waals surface area (Å²) in [6.45, 7) is 3.14. The lowest BCUT2D eigenvalue weighted by molar-refractivity contribution is -0.133. The van der Waals surface area contributed by atoms with Gasteiger partial charge in [0, 0.05) is 17.6 Å². The second-order valence-corrected chi connectivity index (χ2v) is 6.75. The Morgan fingerprint density at radius 1 is 1.39 bits per heavy atom. The van der Waals surface area contributed by atoms with E-state index in [1.165, 1.54) is 11.3 Å². The number of halogens is 1. The van der Waals surface area contributed by atoms with Gasteiger partial charge in [0.25, 0.3) is 0 Å². The van der Waals surface area contributed by atoms with Crippen LogP contribution in [0.25, 0.3) is 0 Å². The van der Waals surface area contributed by atoms with Crippen LogP contribution in [0.5, 0.6) is 6.01 Å². The van der Waals surface area contributed by atoms with Crippen molar-refractivity contribution in [3.05, 3.63) is 34.3 Å². The van der Waals surface area contributed by atoms with Crippen LogP contribution in [-0.2, 0) is 11.2 Å². The van der Waals surface area contributed by atoms with Gasteiger partial charge in [-0.15, -0.1) is 11.3 Å². The summed E-state index contributed by atoms with van der Waals surface area (Å²) >= 11 is 1.54. The second-order valence-electron chi connectivity index (χ2n) is 5.43. The Hall–Kier alpha value is -2.09. The van der Waals surface area contributed by atoms with Gasteiger partial charge in [0.15, 0.2) is 5.82 Å². The molecule has 2 aromatic rings. The summed E-state index contributed by atoms with van der Waals surface area (Å²) in [6.07, 6.45) is 5.78. The highest BCUT2D eigenvalue weighted by Gasteiger charge is 2.25. The lowest BCUT2D eigenvalue weighted by atomic mass is 10.1. The number of hydrogen-bond acceptors (Lipinski definition) is 6. The number of nitrogens with zero attached hydrogens (tertiary/aromatic N) is 4. The highest BCUT2D eigenvalue weighted by molar-refractivity contribution is 7.11. The van der Waals surface area contributed by atoms with Crippen LogP contribution in [0.3, 0.4) is 0 Å². The maximum atomic E-state index is 12.8. The van der Waals surface area contributed by atoms with Gasteiger partial charge in [-0.1, -0.05) is 0 Å². The molecule has 0 aliphatic carbocycles. The van der Waals surface area contributed by atoms with E-state index in [4.69, 9.17) is 4.74 Å². The first-order valence-corrected chi connectivity index (χ1v) is 8.25. The minimum Gasteiger partial charge on any atom is -0.458 e. The first kappa shape index (κ1) is 15.8. The van der Waals surface area contributed by atoms with E-state index in [2.05, 4.69) is 15.0 Å². The summed E-state index contributed by atoms with van der Waals surface area (Å²) < 4.78 is 18.5. The molecule has 6 nitrogen and oxygen atoms in total. The van der Waals surface area contributed by atoms with Gasteiger partial charge in [-0.2, -0.15) is 0 Å². The predicted molar refractivity (Wildman–Crippen MR) is 82.8 cm³/mol. The van der Waals surface area contributed by atoms with Crippen LogP contribution in [-0.4, -0.2) is 45.0 Å². The molecule has 8 heteroatoms. The van der Waals surface area contributed by atoms with Crippen molar-refractivity contribution in [1.29, 1.82) is 0 Å². The highest BCUT2D eigenvalue weighted by atomic mass is 32.1. The maximum absolute atomic E-state index is 12.8. The molecule has 1 amide bonds. The molecule has 3 rings (SSSR count). The molecular formula is C15H17FN4O2S. The number of hydrogen-bond donors (Lipinski definition) is 0. The fourth-order valence-electron chi connectivity index (χ4n) is 2.52. The Morgan fingerprint density at radius 2 is 2.17 bits per heavy atom. The fourth-order valence-corrected chi connectivity index (χ4v) is 3.31. The largest absolute Gasteiger partial charge is 0.458 e. The maximum Gasteiger partial charge on any atom is 0.316 e. The predicted octanol–water partition coefficient (Wildman–Crippen LogP) is 1.99. The lowest BCUT2D eigenvalue weighted by Crippen LogP contribution is -2.45. The molecule has 1 aliphatic heterocycles. The van der Waals surface area contributed by atoms with Crippen molar-refractivity contribution in [2.45, 2.75) is 32.3 Å². The quantitative estimate of drug-likeness (QED) is 0.854.